The van der Waals surface area contributed by atoms with Gasteiger partial charge in [-0.1, -0.05) is 31.0 Å². The van der Waals surface area contributed by atoms with Crippen molar-refractivity contribution < 1.29 is 17.9 Å². The number of hydrogen-bond acceptors (Lipinski definition) is 4. The molecular formula is C21H33N3O4S. The fourth-order valence-corrected chi connectivity index (χ4v) is 5.85. The Morgan fingerprint density at radius 1 is 1.07 bits per heavy atom. The molecule has 0 spiro atoms. The molecule has 1 amide bonds. The van der Waals surface area contributed by atoms with Gasteiger partial charge in [0, 0.05) is 38.3 Å². The normalized spacial score (nSPS) is 22.0. The molecule has 162 valence electrons. The molecule has 2 heterocycles. The summed E-state index contributed by atoms with van der Waals surface area (Å²) in [4.78, 5) is 12.8. The fourth-order valence-electron chi connectivity index (χ4n) is 4.07. The first-order chi connectivity index (χ1) is 14.0. The van der Waals surface area contributed by atoms with Gasteiger partial charge in [-0.2, -0.15) is 17.0 Å². The third-order valence-corrected chi connectivity index (χ3v) is 7.70. The van der Waals surface area contributed by atoms with Gasteiger partial charge >= 0.3 is 0 Å². The smallest absolute Gasteiger partial charge is 0.281 e. The zero-order valence-electron chi connectivity index (χ0n) is 17.3. The lowest BCUT2D eigenvalue weighted by Gasteiger charge is -2.34. The summed E-state index contributed by atoms with van der Waals surface area (Å²) < 4.78 is 34.9. The Balaban J connectivity index is 1.59. The van der Waals surface area contributed by atoms with Gasteiger partial charge in [0.25, 0.3) is 10.2 Å². The second-order valence-electron chi connectivity index (χ2n) is 7.78. The maximum Gasteiger partial charge on any atom is 0.281 e. The van der Waals surface area contributed by atoms with Crippen LogP contribution in [0.1, 0.15) is 51.0 Å². The number of rotatable bonds is 7. The molecule has 0 aromatic heterocycles. The maximum absolute atomic E-state index is 13.1. The molecule has 0 aliphatic carbocycles. The summed E-state index contributed by atoms with van der Waals surface area (Å²) in [6, 6.07) is 7.65. The van der Waals surface area contributed by atoms with Crippen LogP contribution in [0.2, 0.25) is 0 Å². The standard InChI is InChI=1S/C21H33N3O4S/c1-2-28-20-12-6-5-10-18(20)16-22-21(25)19-11-9-15-24(17-19)29(26,27)23-13-7-3-4-8-14-23/h5-6,10,12,19H,2-4,7-9,11,13-17H2,1H3,(H,22,25)/t19-/m0/s1. The van der Waals surface area contributed by atoms with Gasteiger partial charge < -0.3 is 10.1 Å². The molecule has 2 fully saturated rings. The predicted octanol–water partition coefficient (Wildman–Crippen LogP) is 2.53. The zero-order chi connectivity index (χ0) is 20.7. The van der Waals surface area contributed by atoms with Crippen LogP contribution in [-0.2, 0) is 21.5 Å². The van der Waals surface area contributed by atoms with Crippen LogP contribution >= 0.6 is 0 Å². The number of piperidine rings is 1. The van der Waals surface area contributed by atoms with Crippen LogP contribution in [0.25, 0.3) is 0 Å². The van der Waals surface area contributed by atoms with Gasteiger partial charge in [-0.25, -0.2) is 0 Å². The van der Waals surface area contributed by atoms with E-state index in [0.717, 1.165) is 37.0 Å². The number of amides is 1. The molecule has 29 heavy (non-hydrogen) atoms. The molecule has 1 N–H and O–H groups in total. The van der Waals surface area contributed by atoms with Crippen LogP contribution in [0.4, 0.5) is 0 Å². The molecule has 8 heteroatoms. The lowest BCUT2D eigenvalue weighted by molar-refractivity contribution is -0.126. The molecule has 0 saturated carbocycles. The van der Waals surface area contributed by atoms with E-state index in [1.54, 1.807) is 4.31 Å². The van der Waals surface area contributed by atoms with E-state index in [1.807, 2.05) is 31.2 Å². The number of nitrogens with one attached hydrogen (secondary N) is 1. The summed E-state index contributed by atoms with van der Waals surface area (Å²) in [5.74, 6) is 0.362. The van der Waals surface area contributed by atoms with Crippen LogP contribution in [0.3, 0.4) is 0 Å². The molecule has 1 atom stereocenters. The number of carbonyl (C=O) groups excluding carboxylic acids is 1. The average Bonchev–Trinajstić information content (AvgIpc) is 3.03. The van der Waals surface area contributed by atoms with Gasteiger partial charge in [0.15, 0.2) is 0 Å². The molecule has 2 aliphatic rings. The van der Waals surface area contributed by atoms with E-state index in [2.05, 4.69) is 5.32 Å². The topological polar surface area (TPSA) is 79.0 Å². The van der Waals surface area contributed by atoms with Crippen LogP contribution in [0.15, 0.2) is 24.3 Å². The van der Waals surface area contributed by atoms with Gasteiger partial charge in [-0.15, -0.1) is 0 Å². The lowest BCUT2D eigenvalue weighted by atomic mass is 9.98. The predicted molar refractivity (Wildman–Crippen MR) is 113 cm³/mol. The Bertz CT molecular complexity index is 776. The Morgan fingerprint density at radius 2 is 1.76 bits per heavy atom. The Morgan fingerprint density at radius 3 is 2.48 bits per heavy atom. The highest BCUT2D eigenvalue weighted by Gasteiger charge is 2.35. The Hall–Kier alpha value is -1.64. The number of ether oxygens (including phenoxy) is 1. The number of hydrogen-bond donors (Lipinski definition) is 1. The van der Waals surface area contributed by atoms with Crippen molar-refractivity contribution in [2.24, 2.45) is 5.92 Å². The summed E-state index contributed by atoms with van der Waals surface area (Å²) >= 11 is 0. The Labute approximate surface area is 174 Å². The van der Waals surface area contributed by atoms with Crippen molar-refractivity contribution in [3.8, 4) is 5.75 Å². The molecule has 1 aromatic carbocycles. The minimum absolute atomic E-state index is 0.0907. The third kappa shape index (κ3) is 5.71. The first kappa shape index (κ1) is 22.1. The second-order valence-corrected chi connectivity index (χ2v) is 9.71. The molecule has 1 aromatic rings. The lowest BCUT2D eigenvalue weighted by Crippen LogP contribution is -2.50. The summed E-state index contributed by atoms with van der Waals surface area (Å²) in [7, 11) is -3.49. The number of benzene rings is 1. The van der Waals surface area contributed by atoms with Crippen LogP contribution < -0.4 is 10.1 Å². The van der Waals surface area contributed by atoms with Crippen molar-refractivity contribution in [3.63, 3.8) is 0 Å². The summed E-state index contributed by atoms with van der Waals surface area (Å²) in [6.07, 6.45) is 5.42. The minimum atomic E-state index is -3.49. The van der Waals surface area contributed by atoms with E-state index in [9.17, 15) is 13.2 Å². The van der Waals surface area contributed by atoms with Gasteiger partial charge in [0.2, 0.25) is 5.91 Å². The van der Waals surface area contributed by atoms with E-state index < -0.39 is 10.2 Å². The molecule has 0 bridgehead atoms. The number of carbonyl (C=O) groups is 1. The van der Waals surface area contributed by atoms with Gasteiger partial charge in [-0.3, -0.25) is 4.79 Å². The van der Waals surface area contributed by atoms with E-state index in [4.69, 9.17) is 4.74 Å². The van der Waals surface area contributed by atoms with Crippen molar-refractivity contribution in [1.29, 1.82) is 0 Å². The van der Waals surface area contributed by atoms with Crippen LogP contribution in [0.5, 0.6) is 5.75 Å². The highest BCUT2D eigenvalue weighted by molar-refractivity contribution is 7.86. The molecule has 7 nitrogen and oxygen atoms in total. The Kier molecular flexibility index (Phi) is 7.91. The summed E-state index contributed by atoms with van der Waals surface area (Å²) in [6.45, 7) is 4.80. The van der Waals surface area contributed by atoms with Gasteiger partial charge in [0.1, 0.15) is 5.75 Å². The molecule has 2 aliphatic heterocycles. The second kappa shape index (κ2) is 10.4. The highest BCUT2D eigenvalue weighted by atomic mass is 32.2. The first-order valence-corrected chi connectivity index (χ1v) is 12.2. The van der Waals surface area contributed by atoms with Crippen molar-refractivity contribution >= 4 is 16.1 Å². The number of nitrogens with zero attached hydrogens (tertiary/aromatic N) is 2. The molecule has 3 rings (SSSR count). The quantitative estimate of drug-likeness (QED) is 0.731. The van der Waals surface area contributed by atoms with E-state index >= 15 is 0 Å². The molecule has 2 saturated heterocycles. The maximum atomic E-state index is 13.1. The zero-order valence-corrected chi connectivity index (χ0v) is 18.1. The SMILES string of the molecule is CCOc1ccccc1CNC(=O)[C@H]1CCCN(S(=O)(=O)N2CCCCCC2)C1. The van der Waals surface area contributed by atoms with E-state index in [0.29, 0.717) is 45.6 Å². The number of para-hydroxylation sites is 1. The molecular weight excluding hydrogens is 390 g/mol. The first-order valence-electron chi connectivity index (χ1n) is 10.8. The third-order valence-electron chi connectivity index (χ3n) is 5.70. The van der Waals surface area contributed by atoms with E-state index in [1.165, 1.54) is 4.31 Å². The van der Waals surface area contributed by atoms with E-state index in [-0.39, 0.29) is 18.4 Å². The molecule has 0 radical (unpaired) electrons. The minimum Gasteiger partial charge on any atom is -0.494 e. The fraction of sp³-hybridized carbons (Fsp3) is 0.667. The summed E-state index contributed by atoms with van der Waals surface area (Å²) in [5, 5.41) is 2.97. The highest BCUT2D eigenvalue weighted by Crippen LogP contribution is 2.24. The van der Waals surface area contributed by atoms with Crippen LogP contribution in [-0.4, -0.2) is 55.7 Å². The van der Waals surface area contributed by atoms with Crippen LogP contribution in [0, 0.1) is 5.92 Å². The monoisotopic (exact) mass is 423 g/mol. The largest absolute Gasteiger partial charge is 0.494 e. The van der Waals surface area contributed by atoms with Gasteiger partial charge in [0.05, 0.1) is 12.5 Å². The van der Waals surface area contributed by atoms with Crippen molar-refractivity contribution in [2.45, 2.75) is 52.0 Å². The molecule has 0 unspecified atom stereocenters. The summed E-state index contributed by atoms with van der Waals surface area (Å²) in [5.41, 5.74) is 0.924. The van der Waals surface area contributed by atoms with Crippen molar-refractivity contribution in [2.75, 3.05) is 32.8 Å². The van der Waals surface area contributed by atoms with Crippen molar-refractivity contribution in [3.05, 3.63) is 29.8 Å². The van der Waals surface area contributed by atoms with Gasteiger partial charge in [-0.05, 0) is 38.7 Å². The average molecular weight is 424 g/mol. The van der Waals surface area contributed by atoms with Crippen molar-refractivity contribution in [1.82, 2.24) is 13.9 Å².